The molecular formula is C7H13IO2. The lowest BCUT2D eigenvalue weighted by molar-refractivity contribution is -0.0259. The molecule has 1 aliphatic rings. The van der Waals surface area contributed by atoms with Gasteiger partial charge in [-0.05, 0) is 12.8 Å². The van der Waals surface area contributed by atoms with Gasteiger partial charge in [-0.3, -0.25) is 0 Å². The fraction of sp³-hybridized carbons (Fsp3) is 1.00. The van der Waals surface area contributed by atoms with Gasteiger partial charge >= 0.3 is 0 Å². The Morgan fingerprint density at radius 1 is 1.40 bits per heavy atom. The summed E-state index contributed by atoms with van der Waals surface area (Å²) in [5.41, 5.74) is 0. The molecule has 0 amide bonds. The zero-order valence-corrected chi connectivity index (χ0v) is 8.17. The third kappa shape index (κ3) is 3.16. The van der Waals surface area contributed by atoms with Crippen molar-refractivity contribution in [2.24, 2.45) is 0 Å². The molecule has 0 aromatic heterocycles. The molecule has 10 heavy (non-hydrogen) atoms. The van der Waals surface area contributed by atoms with E-state index in [4.69, 9.17) is 9.47 Å². The van der Waals surface area contributed by atoms with Gasteiger partial charge in [0.15, 0.2) is 0 Å². The van der Waals surface area contributed by atoms with Crippen LogP contribution in [0.15, 0.2) is 0 Å². The minimum absolute atomic E-state index is 0.475. The molecule has 0 N–H and O–H groups in total. The number of rotatable bonds is 3. The maximum Gasteiger partial charge on any atom is 0.0619 e. The average molecular weight is 256 g/mol. The number of alkyl halides is 1. The van der Waals surface area contributed by atoms with Gasteiger partial charge < -0.3 is 9.47 Å². The van der Waals surface area contributed by atoms with Crippen LogP contribution in [0.1, 0.15) is 12.8 Å². The fourth-order valence-electron chi connectivity index (χ4n) is 1.05. The molecule has 1 aliphatic heterocycles. The molecule has 0 aliphatic carbocycles. The number of ether oxygens (including phenoxy) is 2. The van der Waals surface area contributed by atoms with Crippen molar-refractivity contribution in [3.8, 4) is 0 Å². The molecule has 0 unspecified atom stereocenters. The molecule has 0 bridgehead atoms. The second kappa shape index (κ2) is 5.32. The first-order valence-electron chi connectivity index (χ1n) is 3.69. The molecule has 60 valence electrons. The maximum atomic E-state index is 5.54. The van der Waals surface area contributed by atoms with Crippen LogP contribution in [0, 0.1) is 0 Å². The van der Waals surface area contributed by atoms with Crippen molar-refractivity contribution in [1.29, 1.82) is 0 Å². The van der Waals surface area contributed by atoms with Gasteiger partial charge in [0, 0.05) is 17.6 Å². The normalized spacial score (nSPS) is 21.3. The SMILES string of the molecule is ICCOC1CCOCC1. The summed E-state index contributed by atoms with van der Waals surface area (Å²) in [4.78, 5) is 0. The lowest BCUT2D eigenvalue weighted by Gasteiger charge is -2.21. The van der Waals surface area contributed by atoms with E-state index in [0.29, 0.717) is 6.10 Å². The predicted octanol–water partition coefficient (Wildman–Crippen LogP) is 1.62. The fourth-order valence-corrected chi connectivity index (χ4v) is 1.31. The van der Waals surface area contributed by atoms with Crippen molar-refractivity contribution in [3.63, 3.8) is 0 Å². The molecule has 0 atom stereocenters. The maximum absolute atomic E-state index is 5.54. The summed E-state index contributed by atoms with van der Waals surface area (Å²) in [7, 11) is 0. The molecule has 1 fully saturated rings. The molecule has 1 saturated heterocycles. The molecule has 3 heteroatoms. The summed E-state index contributed by atoms with van der Waals surface area (Å²) in [6, 6.07) is 0. The Kier molecular flexibility index (Phi) is 4.65. The summed E-state index contributed by atoms with van der Waals surface area (Å²) < 4.78 is 11.8. The summed E-state index contributed by atoms with van der Waals surface area (Å²) in [5.74, 6) is 0. The highest BCUT2D eigenvalue weighted by atomic mass is 127. The van der Waals surface area contributed by atoms with Crippen molar-refractivity contribution in [2.75, 3.05) is 24.2 Å². The highest BCUT2D eigenvalue weighted by Crippen LogP contribution is 2.10. The van der Waals surface area contributed by atoms with Crippen molar-refractivity contribution < 1.29 is 9.47 Å². The van der Waals surface area contributed by atoms with Gasteiger partial charge in [-0.1, -0.05) is 22.6 Å². The van der Waals surface area contributed by atoms with Crippen LogP contribution in [-0.4, -0.2) is 30.4 Å². The zero-order chi connectivity index (χ0) is 7.23. The Hall–Kier alpha value is 0.650. The molecule has 2 nitrogen and oxygen atoms in total. The summed E-state index contributed by atoms with van der Waals surface area (Å²) in [6.45, 7) is 2.66. The van der Waals surface area contributed by atoms with E-state index in [2.05, 4.69) is 22.6 Å². The van der Waals surface area contributed by atoms with Crippen molar-refractivity contribution in [2.45, 2.75) is 18.9 Å². The van der Waals surface area contributed by atoms with E-state index in [-0.39, 0.29) is 0 Å². The Labute approximate surface area is 75.4 Å². The highest BCUT2D eigenvalue weighted by Gasteiger charge is 2.12. The van der Waals surface area contributed by atoms with E-state index < -0.39 is 0 Å². The van der Waals surface area contributed by atoms with Crippen LogP contribution in [0.5, 0.6) is 0 Å². The third-order valence-electron chi connectivity index (χ3n) is 1.60. The Morgan fingerprint density at radius 3 is 2.70 bits per heavy atom. The Balaban J connectivity index is 2.02. The van der Waals surface area contributed by atoms with Gasteiger partial charge in [0.1, 0.15) is 0 Å². The van der Waals surface area contributed by atoms with E-state index in [9.17, 15) is 0 Å². The lowest BCUT2D eigenvalue weighted by atomic mass is 10.2. The molecule has 1 rings (SSSR count). The lowest BCUT2D eigenvalue weighted by Crippen LogP contribution is -2.23. The second-order valence-electron chi connectivity index (χ2n) is 2.37. The molecule has 1 heterocycles. The topological polar surface area (TPSA) is 18.5 Å². The minimum atomic E-state index is 0.475. The van der Waals surface area contributed by atoms with Crippen molar-refractivity contribution in [3.05, 3.63) is 0 Å². The summed E-state index contributed by atoms with van der Waals surface area (Å²) in [6.07, 6.45) is 2.64. The zero-order valence-electron chi connectivity index (χ0n) is 6.01. The number of halogens is 1. The van der Waals surface area contributed by atoms with E-state index in [1.165, 1.54) is 0 Å². The second-order valence-corrected chi connectivity index (χ2v) is 3.45. The largest absolute Gasteiger partial charge is 0.381 e. The average Bonchev–Trinajstić information content (AvgIpc) is 2.03. The molecule has 0 radical (unpaired) electrons. The molecule has 0 spiro atoms. The van der Waals surface area contributed by atoms with E-state index >= 15 is 0 Å². The van der Waals surface area contributed by atoms with Crippen LogP contribution in [0.2, 0.25) is 0 Å². The summed E-state index contributed by atoms with van der Waals surface area (Å²) in [5, 5.41) is 0. The Bertz CT molecular complexity index is 81.7. The van der Waals surface area contributed by atoms with Crippen LogP contribution >= 0.6 is 22.6 Å². The van der Waals surface area contributed by atoms with E-state index in [1.54, 1.807) is 0 Å². The van der Waals surface area contributed by atoms with Crippen LogP contribution in [0.25, 0.3) is 0 Å². The van der Waals surface area contributed by atoms with E-state index in [0.717, 1.165) is 37.1 Å². The summed E-state index contributed by atoms with van der Waals surface area (Å²) >= 11 is 2.33. The highest BCUT2D eigenvalue weighted by molar-refractivity contribution is 14.1. The van der Waals surface area contributed by atoms with Gasteiger partial charge in [-0.2, -0.15) is 0 Å². The smallest absolute Gasteiger partial charge is 0.0619 e. The molecule has 0 aromatic rings. The van der Waals surface area contributed by atoms with Crippen LogP contribution in [-0.2, 0) is 9.47 Å². The first-order valence-corrected chi connectivity index (χ1v) is 5.21. The molecule has 0 aromatic carbocycles. The van der Waals surface area contributed by atoms with Crippen molar-refractivity contribution >= 4 is 22.6 Å². The first-order chi connectivity index (χ1) is 4.93. The standard InChI is InChI=1S/C7H13IO2/c8-3-6-10-7-1-4-9-5-2-7/h7H,1-6H2. The minimum Gasteiger partial charge on any atom is -0.381 e. The number of hydrogen-bond acceptors (Lipinski definition) is 2. The van der Waals surface area contributed by atoms with Crippen LogP contribution in [0.3, 0.4) is 0 Å². The van der Waals surface area contributed by atoms with Gasteiger partial charge in [0.2, 0.25) is 0 Å². The van der Waals surface area contributed by atoms with Gasteiger partial charge in [-0.15, -0.1) is 0 Å². The van der Waals surface area contributed by atoms with E-state index in [1.807, 2.05) is 0 Å². The first kappa shape index (κ1) is 8.74. The van der Waals surface area contributed by atoms with Crippen molar-refractivity contribution in [1.82, 2.24) is 0 Å². The third-order valence-corrected chi connectivity index (χ3v) is 2.04. The Morgan fingerprint density at radius 2 is 2.10 bits per heavy atom. The van der Waals surface area contributed by atoms with Crippen LogP contribution in [0.4, 0.5) is 0 Å². The van der Waals surface area contributed by atoms with Gasteiger partial charge in [-0.25, -0.2) is 0 Å². The molecular weight excluding hydrogens is 243 g/mol. The quantitative estimate of drug-likeness (QED) is 0.564. The van der Waals surface area contributed by atoms with Gasteiger partial charge in [0.05, 0.1) is 12.7 Å². The number of hydrogen-bond donors (Lipinski definition) is 0. The molecule has 0 saturated carbocycles. The monoisotopic (exact) mass is 256 g/mol. The van der Waals surface area contributed by atoms with Gasteiger partial charge in [0.25, 0.3) is 0 Å². The van der Waals surface area contributed by atoms with Crippen LogP contribution < -0.4 is 0 Å². The predicted molar refractivity (Wildman–Crippen MR) is 48.7 cm³/mol.